The van der Waals surface area contributed by atoms with Crippen LogP contribution in [0.5, 0.6) is 0 Å². The normalized spacial score (nSPS) is 32.6. The third-order valence-electron chi connectivity index (χ3n) is 4.73. The van der Waals surface area contributed by atoms with Crippen LogP contribution in [0.2, 0.25) is 0 Å². The number of nitrogens with one attached hydrogen (secondary N) is 1. The lowest BCUT2D eigenvalue weighted by molar-refractivity contribution is 0.0955. The summed E-state index contributed by atoms with van der Waals surface area (Å²) in [5, 5.41) is 13.1. The first kappa shape index (κ1) is 15.8. The van der Waals surface area contributed by atoms with Gasteiger partial charge in [-0.2, -0.15) is 5.26 Å². The molecule has 1 N–H and O–H groups in total. The van der Waals surface area contributed by atoms with Crippen molar-refractivity contribution >= 4 is 0 Å². The van der Waals surface area contributed by atoms with Gasteiger partial charge in [0, 0.05) is 38.3 Å². The average Bonchev–Trinajstić information content (AvgIpc) is 2.84. The number of nitriles is 1. The van der Waals surface area contributed by atoms with Gasteiger partial charge in [0.05, 0.1) is 6.07 Å². The lowest BCUT2D eigenvalue weighted by Crippen LogP contribution is -2.51. The van der Waals surface area contributed by atoms with Crippen LogP contribution in [0.25, 0.3) is 0 Å². The van der Waals surface area contributed by atoms with Gasteiger partial charge in [-0.3, -0.25) is 10.2 Å². The molecule has 1 heterocycles. The van der Waals surface area contributed by atoms with Crippen LogP contribution >= 0.6 is 0 Å². The Morgan fingerprint density at radius 3 is 2.55 bits per heavy atom. The van der Waals surface area contributed by atoms with Crippen molar-refractivity contribution in [3.05, 3.63) is 0 Å². The molecular formula is C16H30N4. The van der Waals surface area contributed by atoms with Gasteiger partial charge in [-0.15, -0.1) is 0 Å². The second kappa shape index (κ2) is 6.89. The molecule has 0 aromatic carbocycles. The highest BCUT2D eigenvalue weighted by Gasteiger charge is 2.42. The molecule has 1 saturated heterocycles. The van der Waals surface area contributed by atoms with Crippen molar-refractivity contribution in [2.45, 2.75) is 64.1 Å². The summed E-state index contributed by atoms with van der Waals surface area (Å²) in [5.41, 5.74) is -0.278. The quantitative estimate of drug-likeness (QED) is 0.833. The maximum atomic E-state index is 9.55. The maximum absolute atomic E-state index is 9.55. The second-order valence-corrected chi connectivity index (χ2v) is 6.77. The van der Waals surface area contributed by atoms with Crippen molar-refractivity contribution < 1.29 is 0 Å². The Kier molecular flexibility index (Phi) is 5.42. The number of piperazine rings is 1. The first-order valence-corrected chi connectivity index (χ1v) is 8.24. The van der Waals surface area contributed by atoms with E-state index >= 15 is 0 Å². The lowest BCUT2D eigenvalue weighted by atomic mass is 9.98. The molecule has 0 spiro atoms. The van der Waals surface area contributed by atoms with Gasteiger partial charge < -0.3 is 4.90 Å². The van der Waals surface area contributed by atoms with Crippen LogP contribution in [-0.2, 0) is 0 Å². The van der Waals surface area contributed by atoms with E-state index in [-0.39, 0.29) is 5.54 Å². The van der Waals surface area contributed by atoms with E-state index < -0.39 is 0 Å². The van der Waals surface area contributed by atoms with Crippen LogP contribution < -0.4 is 5.32 Å². The highest BCUT2D eigenvalue weighted by atomic mass is 15.3. The van der Waals surface area contributed by atoms with E-state index in [2.05, 4.69) is 42.0 Å². The molecule has 0 amide bonds. The van der Waals surface area contributed by atoms with E-state index in [4.69, 9.17) is 0 Å². The Bertz CT molecular complexity index is 341. The molecule has 20 heavy (non-hydrogen) atoms. The van der Waals surface area contributed by atoms with E-state index in [1.807, 2.05) is 0 Å². The highest BCUT2D eigenvalue weighted by Crippen LogP contribution is 2.33. The maximum Gasteiger partial charge on any atom is 0.108 e. The molecule has 1 aliphatic carbocycles. The van der Waals surface area contributed by atoms with Gasteiger partial charge in [-0.05, 0) is 46.1 Å². The van der Waals surface area contributed by atoms with E-state index in [1.165, 1.54) is 45.6 Å². The molecule has 0 aromatic heterocycles. The topological polar surface area (TPSA) is 42.3 Å². The predicted molar refractivity (Wildman–Crippen MR) is 82.6 cm³/mol. The first-order chi connectivity index (χ1) is 9.58. The molecule has 0 radical (unpaired) electrons. The Balaban J connectivity index is 1.86. The monoisotopic (exact) mass is 278 g/mol. The fourth-order valence-electron chi connectivity index (χ4n) is 3.82. The molecule has 2 aliphatic rings. The molecular weight excluding hydrogens is 248 g/mol. The van der Waals surface area contributed by atoms with Gasteiger partial charge in [0.15, 0.2) is 0 Å². The summed E-state index contributed by atoms with van der Waals surface area (Å²) in [7, 11) is 0. The summed E-state index contributed by atoms with van der Waals surface area (Å²) in [6.07, 6.45) is 4.41. The van der Waals surface area contributed by atoms with Crippen molar-refractivity contribution in [1.82, 2.24) is 15.1 Å². The summed E-state index contributed by atoms with van der Waals surface area (Å²) < 4.78 is 0. The molecule has 0 aromatic rings. The smallest absolute Gasteiger partial charge is 0.108 e. The van der Waals surface area contributed by atoms with Crippen molar-refractivity contribution in [1.29, 1.82) is 5.26 Å². The minimum absolute atomic E-state index is 0.278. The van der Waals surface area contributed by atoms with E-state index in [0.717, 1.165) is 12.8 Å². The van der Waals surface area contributed by atoms with Crippen molar-refractivity contribution in [3.63, 3.8) is 0 Å². The van der Waals surface area contributed by atoms with Gasteiger partial charge in [0.1, 0.15) is 5.54 Å². The van der Waals surface area contributed by atoms with Crippen LogP contribution in [-0.4, -0.2) is 60.1 Å². The van der Waals surface area contributed by atoms with Gasteiger partial charge in [0.25, 0.3) is 0 Å². The van der Waals surface area contributed by atoms with Crippen molar-refractivity contribution in [2.75, 3.05) is 32.7 Å². The Morgan fingerprint density at radius 2 is 2.00 bits per heavy atom. The molecule has 2 atom stereocenters. The van der Waals surface area contributed by atoms with Crippen LogP contribution in [0.4, 0.5) is 0 Å². The standard InChI is InChI=1S/C16H30N4/c1-4-7-19-8-10-20(11-9-19)15-5-6-16(12-15,13-17)18-14(2)3/h14-15,18H,4-12H2,1-3H3. The minimum Gasteiger partial charge on any atom is -0.301 e. The Hall–Kier alpha value is -0.630. The second-order valence-electron chi connectivity index (χ2n) is 6.77. The molecule has 1 aliphatic heterocycles. The van der Waals surface area contributed by atoms with Gasteiger partial charge in [0.2, 0.25) is 0 Å². The van der Waals surface area contributed by atoms with Crippen LogP contribution in [0.15, 0.2) is 0 Å². The van der Waals surface area contributed by atoms with Crippen LogP contribution in [0, 0.1) is 11.3 Å². The van der Waals surface area contributed by atoms with Crippen LogP contribution in [0.3, 0.4) is 0 Å². The fraction of sp³-hybridized carbons (Fsp3) is 0.938. The number of nitrogens with zero attached hydrogens (tertiary/aromatic N) is 3. The molecule has 2 rings (SSSR count). The van der Waals surface area contributed by atoms with E-state index in [0.29, 0.717) is 12.1 Å². The van der Waals surface area contributed by atoms with Crippen molar-refractivity contribution in [2.24, 2.45) is 0 Å². The average molecular weight is 278 g/mol. The number of hydrogen-bond donors (Lipinski definition) is 1. The molecule has 4 nitrogen and oxygen atoms in total. The fourth-order valence-corrected chi connectivity index (χ4v) is 3.82. The zero-order valence-electron chi connectivity index (χ0n) is 13.4. The molecule has 4 heteroatoms. The minimum atomic E-state index is -0.278. The number of rotatable bonds is 5. The zero-order chi connectivity index (χ0) is 14.6. The predicted octanol–water partition coefficient (Wildman–Crippen LogP) is 1.83. The van der Waals surface area contributed by atoms with Crippen molar-refractivity contribution in [3.8, 4) is 6.07 Å². The lowest BCUT2D eigenvalue weighted by Gasteiger charge is -2.38. The zero-order valence-corrected chi connectivity index (χ0v) is 13.4. The van der Waals surface area contributed by atoms with Crippen LogP contribution in [0.1, 0.15) is 46.5 Å². The third kappa shape index (κ3) is 3.72. The summed E-state index contributed by atoms with van der Waals surface area (Å²) in [6, 6.07) is 3.54. The largest absolute Gasteiger partial charge is 0.301 e. The van der Waals surface area contributed by atoms with E-state index in [1.54, 1.807) is 0 Å². The molecule has 2 fully saturated rings. The SMILES string of the molecule is CCCN1CCN(C2CCC(C#N)(NC(C)C)C2)CC1. The molecule has 114 valence electrons. The summed E-state index contributed by atoms with van der Waals surface area (Å²) in [5.74, 6) is 0. The Labute approximate surface area is 124 Å². The summed E-state index contributed by atoms with van der Waals surface area (Å²) in [6.45, 7) is 12.5. The van der Waals surface area contributed by atoms with E-state index in [9.17, 15) is 5.26 Å². The first-order valence-electron chi connectivity index (χ1n) is 8.24. The van der Waals surface area contributed by atoms with Gasteiger partial charge >= 0.3 is 0 Å². The molecule has 2 unspecified atom stereocenters. The Morgan fingerprint density at radius 1 is 1.30 bits per heavy atom. The molecule has 0 bridgehead atoms. The third-order valence-corrected chi connectivity index (χ3v) is 4.73. The summed E-state index contributed by atoms with van der Waals surface area (Å²) in [4.78, 5) is 5.18. The number of hydrogen-bond acceptors (Lipinski definition) is 4. The molecule has 1 saturated carbocycles. The van der Waals surface area contributed by atoms with Gasteiger partial charge in [-0.25, -0.2) is 0 Å². The highest BCUT2D eigenvalue weighted by molar-refractivity contribution is 5.14. The summed E-state index contributed by atoms with van der Waals surface area (Å²) >= 11 is 0. The van der Waals surface area contributed by atoms with Gasteiger partial charge in [-0.1, -0.05) is 6.92 Å².